The highest BCUT2D eigenvalue weighted by atomic mass is 15.2. The van der Waals surface area contributed by atoms with E-state index in [1.807, 2.05) is 0 Å². The Balaban J connectivity index is 1.35. The van der Waals surface area contributed by atoms with Gasteiger partial charge in [-0.15, -0.1) is 0 Å². The number of fused-ring (bicyclic) bond motifs is 5. The van der Waals surface area contributed by atoms with Crippen LogP contribution in [0.3, 0.4) is 0 Å². The molecular formula is C63H62N2. The lowest BCUT2D eigenvalue weighted by Crippen LogP contribution is -2.33. The van der Waals surface area contributed by atoms with Crippen LogP contribution in [0.5, 0.6) is 0 Å². The van der Waals surface area contributed by atoms with Crippen LogP contribution in [0.1, 0.15) is 98.0 Å². The second-order valence-corrected chi connectivity index (χ2v) is 19.9. The number of rotatable bonds is 6. The summed E-state index contributed by atoms with van der Waals surface area (Å²) in [6.45, 7) is 27.5. The second-order valence-electron chi connectivity index (χ2n) is 19.9. The minimum absolute atomic E-state index is 0.142. The van der Waals surface area contributed by atoms with Crippen LogP contribution in [0.4, 0.5) is 28.4 Å². The maximum atomic E-state index is 2.56. The molecular weight excluding hydrogens is 785 g/mol. The Labute approximate surface area is 387 Å². The van der Waals surface area contributed by atoms with Gasteiger partial charge in [0.25, 0.3) is 0 Å². The van der Waals surface area contributed by atoms with Crippen molar-refractivity contribution in [2.24, 2.45) is 0 Å². The van der Waals surface area contributed by atoms with Crippen LogP contribution in [0, 0.1) is 41.5 Å². The highest BCUT2D eigenvalue weighted by Gasteiger charge is 2.38. The zero-order valence-corrected chi connectivity index (χ0v) is 40.5. The summed E-state index contributed by atoms with van der Waals surface area (Å²) in [4.78, 5) is 5.07. The quantitative estimate of drug-likeness (QED) is 0.154. The van der Waals surface area contributed by atoms with Crippen molar-refractivity contribution in [1.82, 2.24) is 0 Å². The average Bonchev–Trinajstić information content (AvgIpc) is 3.29. The first-order valence-corrected chi connectivity index (χ1v) is 23.6. The van der Waals surface area contributed by atoms with Crippen molar-refractivity contribution in [3.05, 3.63) is 207 Å². The van der Waals surface area contributed by atoms with Gasteiger partial charge in [-0.3, -0.25) is 0 Å². The van der Waals surface area contributed by atoms with Gasteiger partial charge < -0.3 is 9.80 Å². The summed E-state index contributed by atoms with van der Waals surface area (Å²) in [5.41, 5.74) is 25.5. The lowest BCUT2D eigenvalue weighted by Gasteiger charge is -2.43. The summed E-state index contributed by atoms with van der Waals surface area (Å²) >= 11 is 0. The highest BCUT2D eigenvalue weighted by molar-refractivity contribution is 6.23. The summed E-state index contributed by atoms with van der Waals surface area (Å²) in [6.07, 6.45) is 5.46. The smallest absolute Gasteiger partial charge is 0.0502 e. The van der Waals surface area contributed by atoms with E-state index in [-0.39, 0.29) is 10.8 Å². The molecule has 0 aliphatic carbocycles. The molecule has 2 aliphatic heterocycles. The van der Waals surface area contributed by atoms with Gasteiger partial charge in [0.15, 0.2) is 0 Å². The molecule has 0 atom stereocenters. The Morgan fingerprint density at radius 1 is 0.446 bits per heavy atom. The number of hydrogen-bond donors (Lipinski definition) is 0. The number of anilines is 5. The molecule has 2 heterocycles. The fourth-order valence-electron chi connectivity index (χ4n) is 11.5. The van der Waals surface area contributed by atoms with Crippen LogP contribution in [0.2, 0.25) is 0 Å². The molecule has 65 heavy (non-hydrogen) atoms. The van der Waals surface area contributed by atoms with E-state index in [0.29, 0.717) is 0 Å². The van der Waals surface area contributed by atoms with E-state index >= 15 is 0 Å². The van der Waals surface area contributed by atoms with Gasteiger partial charge in [-0.25, -0.2) is 0 Å². The normalized spacial score (nSPS) is 15.2. The predicted molar refractivity (Wildman–Crippen MR) is 281 cm³/mol. The first-order valence-electron chi connectivity index (χ1n) is 23.6. The Morgan fingerprint density at radius 2 is 0.831 bits per heavy atom. The molecule has 0 amide bonds. The van der Waals surface area contributed by atoms with Crippen molar-refractivity contribution in [2.45, 2.75) is 100 Å². The maximum Gasteiger partial charge on any atom is 0.0502 e. The molecule has 0 spiro atoms. The molecule has 2 heteroatoms. The fourth-order valence-corrected chi connectivity index (χ4v) is 11.5. The molecule has 0 saturated carbocycles. The van der Waals surface area contributed by atoms with Gasteiger partial charge in [0.1, 0.15) is 0 Å². The van der Waals surface area contributed by atoms with Crippen molar-refractivity contribution in [3.63, 3.8) is 0 Å². The first kappa shape index (κ1) is 42.3. The third kappa shape index (κ3) is 6.43. The first-order chi connectivity index (χ1) is 31.2. The topological polar surface area (TPSA) is 6.48 Å². The molecule has 0 bridgehead atoms. The van der Waals surface area contributed by atoms with Crippen molar-refractivity contribution in [3.8, 4) is 22.3 Å². The summed E-state index contributed by atoms with van der Waals surface area (Å²) in [5.74, 6) is 0. The van der Waals surface area contributed by atoms with Gasteiger partial charge in [-0.2, -0.15) is 0 Å². The van der Waals surface area contributed by atoms with Gasteiger partial charge in [0.05, 0.1) is 11.4 Å². The van der Waals surface area contributed by atoms with E-state index in [1.54, 1.807) is 0 Å². The van der Waals surface area contributed by atoms with Crippen molar-refractivity contribution in [1.29, 1.82) is 0 Å². The standard InChI is InChI=1S/C63H62N2/c1-13-21-52-56(14-2)64(57-25-18-15-22-53(57)62(52,9)10)46-28-30-48-50(36-46)60(44-32-38(3)42(7)39(4)33-44)49-31-29-47(37-51(49)61(48)45-34-40(5)43(8)41(6)35-45)65-58-26-19-16-23-54(58)63(11,12)55-24-17-20-27-59(55)65/h13,15-37H,14H2,1-12H3/b21-13-. The van der Waals surface area contributed by atoms with Crippen LogP contribution >= 0.6 is 0 Å². The van der Waals surface area contributed by atoms with Gasteiger partial charge in [-0.1, -0.05) is 138 Å². The molecule has 2 nitrogen and oxygen atoms in total. The largest absolute Gasteiger partial charge is 0.314 e. The Kier molecular flexibility index (Phi) is 10.1. The van der Waals surface area contributed by atoms with Gasteiger partial charge in [0, 0.05) is 33.6 Å². The van der Waals surface area contributed by atoms with E-state index in [0.717, 1.165) is 12.1 Å². The molecule has 10 rings (SSSR count). The van der Waals surface area contributed by atoms with Crippen molar-refractivity contribution < 1.29 is 0 Å². The van der Waals surface area contributed by atoms with E-state index < -0.39 is 0 Å². The van der Waals surface area contributed by atoms with Crippen LogP contribution < -0.4 is 9.80 Å². The molecule has 0 saturated heterocycles. The van der Waals surface area contributed by atoms with Crippen molar-refractivity contribution >= 4 is 50.0 Å². The Bertz CT molecular complexity index is 3240. The molecule has 2 aliphatic rings. The molecule has 0 unspecified atom stereocenters. The van der Waals surface area contributed by atoms with Gasteiger partial charge in [0.2, 0.25) is 0 Å². The highest BCUT2D eigenvalue weighted by Crippen LogP contribution is 2.55. The minimum Gasteiger partial charge on any atom is -0.314 e. The minimum atomic E-state index is -0.143. The molecule has 8 aromatic carbocycles. The summed E-state index contributed by atoms with van der Waals surface area (Å²) in [5, 5.41) is 5.03. The summed E-state index contributed by atoms with van der Waals surface area (Å²) in [7, 11) is 0. The number of benzene rings is 8. The third-order valence-electron chi connectivity index (χ3n) is 15.4. The molecule has 0 aromatic heterocycles. The van der Waals surface area contributed by atoms with Crippen LogP contribution in [0.25, 0.3) is 43.8 Å². The molecule has 324 valence electrons. The van der Waals surface area contributed by atoms with E-state index in [1.165, 1.54) is 128 Å². The van der Waals surface area contributed by atoms with Crippen molar-refractivity contribution in [2.75, 3.05) is 9.80 Å². The predicted octanol–water partition coefficient (Wildman–Crippen LogP) is 18.0. The van der Waals surface area contributed by atoms with Crippen LogP contribution in [-0.2, 0) is 10.8 Å². The number of para-hydroxylation sites is 3. The number of nitrogens with zero attached hydrogens (tertiary/aromatic N) is 2. The molecule has 0 N–H and O–H groups in total. The number of aryl methyl sites for hydroxylation is 4. The molecule has 0 radical (unpaired) electrons. The molecule has 8 aromatic rings. The Morgan fingerprint density at radius 3 is 1.25 bits per heavy atom. The zero-order chi connectivity index (χ0) is 45.7. The molecule has 0 fully saturated rings. The van der Waals surface area contributed by atoms with E-state index in [9.17, 15) is 0 Å². The second kappa shape index (κ2) is 15.5. The fraction of sp³-hybridized carbons (Fsp3) is 0.238. The lowest BCUT2D eigenvalue weighted by molar-refractivity contribution is 0.611. The van der Waals surface area contributed by atoms with Crippen LogP contribution in [-0.4, -0.2) is 0 Å². The summed E-state index contributed by atoms with van der Waals surface area (Å²) in [6, 6.07) is 51.4. The van der Waals surface area contributed by atoms with Gasteiger partial charge in [-0.05, 0) is 197 Å². The monoisotopic (exact) mass is 846 g/mol. The number of hydrogen-bond acceptors (Lipinski definition) is 2. The average molecular weight is 847 g/mol. The van der Waals surface area contributed by atoms with Gasteiger partial charge >= 0.3 is 0 Å². The Hall–Kier alpha value is -6.64. The summed E-state index contributed by atoms with van der Waals surface area (Å²) < 4.78 is 0. The lowest BCUT2D eigenvalue weighted by atomic mass is 9.72. The zero-order valence-electron chi connectivity index (χ0n) is 40.5. The van der Waals surface area contributed by atoms with Crippen LogP contribution in [0.15, 0.2) is 157 Å². The van der Waals surface area contributed by atoms with E-state index in [4.69, 9.17) is 0 Å². The van der Waals surface area contributed by atoms with E-state index in [2.05, 4.69) is 238 Å². The SMILES string of the molecule is C/C=C\C1=C(CC)N(c2ccc3c(-c4cc(C)c(C)c(C)c4)c4cc(N5c6ccccc6C(C)(C)c6ccccc65)ccc4c(-c4cc(C)c(C)c(C)c4)c3c2)c2ccccc2C1(C)C. The number of allylic oxidation sites excluding steroid dienone is 4. The maximum absolute atomic E-state index is 2.56. The third-order valence-corrected chi connectivity index (χ3v) is 15.4.